The summed E-state index contributed by atoms with van der Waals surface area (Å²) in [6.07, 6.45) is 0. The van der Waals surface area contributed by atoms with Crippen molar-refractivity contribution in [2.45, 2.75) is 11.8 Å². The number of anilines is 1. The van der Waals surface area contributed by atoms with Crippen LogP contribution in [-0.2, 0) is 9.59 Å². The van der Waals surface area contributed by atoms with Crippen LogP contribution < -0.4 is 5.73 Å². The lowest BCUT2D eigenvalue weighted by atomic mass is 10.3. The lowest BCUT2D eigenvalue weighted by Gasteiger charge is -2.34. The van der Waals surface area contributed by atoms with Crippen molar-refractivity contribution in [2.75, 3.05) is 37.7 Å². The van der Waals surface area contributed by atoms with Crippen molar-refractivity contribution in [1.82, 2.24) is 9.80 Å². The summed E-state index contributed by atoms with van der Waals surface area (Å²) in [5.74, 6) is -0.241. The smallest absolute Gasteiger partial charge is 0.233 e. The Morgan fingerprint density at radius 2 is 1.86 bits per heavy atom. The maximum absolute atomic E-state index is 13.6. The summed E-state index contributed by atoms with van der Waals surface area (Å²) in [5.41, 5.74) is 5.85. The van der Waals surface area contributed by atoms with Gasteiger partial charge in [-0.2, -0.15) is 0 Å². The second kappa shape index (κ2) is 6.80. The average molecular weight is 311 g/mol. The maximum Gasteiger partial charge on any atom is 0.233 e. The van der Waals surface area contributed by atoms with E-state index in [2.05, 4.69) is 0 Å². The number of rotatable bonds is 3. The van der Waals surface area contributed by atoms with Gasteiger partial charge >= 0.3 is 0 Å². The van der Waals surface area contributed by atoms with Crippen LogP contribution in [0, 0.1) is 5.82 Å². The predicted molar refractivity (Wildman–Crippen MR) is 80.4 cm³/mol. The zero-order chi connectivity index (χ0) is 15.4. The van der Waals surface area contributed by atoms with E-state index in [1.165, 1.54) is 13.0 Å². The number of nitrogens with two attached hydrogens (primary N) is 1. The molecule has 114 valence electrons. The molecule has 1 aliphatic rings. The van der Waals surface area contributed by atoms with E-state index < -0.39 is 5.82 Å². The minimum absolute atomic E-state index is 0.0282. The standard InChI is InChI=1S/C14H18FN3O2S/c1-10(19)17-4-6-18(7-5-17)14(20)9-21-13-3-2-11(16)8-12(13)15/h2-3,8H,4-7,9,16H2,1H3. The fourth-order valence-electron chi connectivity index (χ4n) is 2.14. The van der Waals surface area contributed by atoms with Gasteiger partial charge in [0.2, 0.25) is 11.8 Å². The number of halogens is 1. The van der Waals surface area contributed by atoms with Crippen LogP contribution in [0.25, 0.3) is 0 Å². The lowest BCUT2D eigenvalue weighted by molar-refractivity contribution is -0.136. The summed E-state index contributed by atoms with van der Waals surface area (Å²) >= 11 is 1.16. The number of hydrogen-bond acceptors (Lipinski definition) is 4. The van der Waals surface area contributed by atoms with Crippen LogP contribution in [-0.4, -0.2) is 53.5 Å². The second-order valence-corrected chi connectivity index (χ2v) is 5.88. The monoisotopic (exact) mass is 311 g/mol. The Balaban J connectivity index is 1.84. The summed E-state index contributed by atoms with van der Waals surface area (Å²) in [5, 5.41) is 0. The van der Waals surface area contributed by atoms with Crippen LogP contribution in [0.4, 0.5) is 10.1 Å². The van der Waals surface area contributed by atoms with E-state index in [-0.39, 0.29) is 17.6 Å². The fraction of sp³-hybridized carbons (Fsp3) is 0.429. The highest BCUT2D eigenvalue weighted by Gasteiger charge is 2.22. The van der Waals surface area contributed by atoms with Crippen molar-refractivity contribution >= 4 is 29.3 Å². The molecule has 0 aliphatic carbocycles. The normalized spacial score (nSPS) is 15.1. The van der Waals surface area contributed by atoms with Gasteiger partial charge < -0.3 is 15.5 Å². The number of piperazine rings is 1. The number of carbonyl (C=O) groups is 2. The first-order valence-electron chi connectivity index (χ1n) is 6.68. The quantitative estimate of drug-likeness (QED) is 0.673. The van der Waals surface area contributed by atoms with E-state index in [0.29, 0.717) is 36.8 Å². The van der Waals surface area contributed by atoms with Gasteiger partial charge in [0.15, 0.2) is 0 Å². The molecular weight excluding hydrogens is 293 g/mol. The first kappa shape index (κ1) is 15.6. The summed E-state index contributed by atoms with van der Waals surface area (Å²) in [4.78, 5) is 27.1. The minimum Gasteiger partial charge on any atom is -0.399 e. The number of carbonyl (C=O) groups excluding carboxylic acids is 2. The Morgan fingerprint density at radius 1 is 1.24 bits per heavy atom. The molecule has 0 unspecified atom stereocenters. The third-order valence-electron chi connectivity index (χ3n) is 3.38. The van der Waals surface area contributed by atoms with Crippen LogP contribution in [0.15, 0.2) is 23.1 Å². The third kappa shape index (κ3) is 4.10. The molecule has 1 aromatic rings. The highest BCUT2D eigenvalue weighted by Crippen LogP contribution is 2.23. The van der Waals surface area contributed by atoms with Gasteiger partial charge in [0.05, 0.1) is 5.75 Å². The molecule has 1 fully saturated rings. The molecule has 0 saturated carbocycles. The van der Waals surface area contributed by atoms with E-state index in [9.17, 15) is 14.0 Å². The molecule has 2 rings (SSSR count). The summed E-state index contributed by atoms with van der Waals surface area (Å²) < 4.78 is 13.6. The number of nitrogen functional groups attached to an aromatic ring is 1. The lowest BCUT2D eigenvalue weighted by Crippen LogP contribution is -2.50. The van der Waals surface area contributed by atoms with Crippen LogP contribution in [0.1, 0.15) is 6.92 Å². The van der Waals surface area contributed by atoms with Gasteiger partial charge in [0.1, 0.15) is 5.82 Å². The molecule has 21 heavy (non-hydrogen) atoms. The Labute approximate surface area is 127 Å². The predicted octanol–water partition coefficient (Wildman–Crippen LogP) is 1.19. The Kier molecular flexibility index (Phi) is 5.06. The number of benzene rings is 1. The van der Waals surface area contributed by atoms with Gasteiger partial charge in [0, 0.05) is 43.7 Å². The molecule has 2 amide bonds. The zero-order valence-electron chi connectivity index (χ0n) is 11.8. The van der Waals surface area contributed by atoms with Crippen LogP contribution >= 0.6 is 11.8 Å². The fourth-order valence-corrected chi connectivity index (χ4v) is 2.96. The summed E-state index contributed by atoms with van der Waals surface area (Å²) in [6, 6.07) is 4.44. The number of nitrogens with zero attached hydrogens (tertiary/aromatic N) is 2. The molecule has 1 saturated heterocycles. The van der Waals surface area contributed by atoms with Gasteiger partial charge in [-0.25, -0.2) is 4.39 Å². The first-order chi connectivity index (χ1) is 9.97. The molecule has 5 nitrogen and oxygen atoms in total. The van der Waals surface area contributed by atoms with Crippen molar-refractivity contribution in [3.05, 3.63) is 24.0 Å². The van der Waals surface area contributed by atoms with E-state index in [1.54, 1.807) is 21.9 Å². The van der Waals surface area contributed by atoms with E-state index >= 15 is 0 Å². The van der Waals surface area contributed by atoms with E-state index in [1.807, 2.05) is 0 Å². The zero-order valence-corrected chi connectivity index (χ0v) is 12.7. The third-order valence-corrected chi connectivity index (χ3v) is 4.42. The topological polar surface area (TPSA) is 66.6 Å². The molecule has 1 aliphatic heterocycles. The van der Waals surface area contributed by atoms with Gasteiger partial charge in [-0.1, -0.05) is 0 Å². The van der Waals surface area contributed by atoms with Crippen LogP contribution in [0.2, 0.25) is 0 Å². The molecule has 1 aromatic carbocycles. The van der Waals surface area contributed by atoms with Crippen LogP contribution in [0.3, 0.4) is 0 Å². The van der Waals surface area contributed by atoms with E-state index in [0.717, 1.165) is 11.8 Å². The molecule has 0 aromatic heterocycles. The van der Waals surface area contributed by atoms with Crippen molar-refractivity contribution in [1.29, 1.82) is 0 Å². The van der Waals surface area contributed by atoms with Crippen molar-refractivity contribution in [3.8, 4) is 0 Å². The Morgan fingerprint density at radius 3 is 2.43 bits per heavy atom. The first-order valence-corrected chi connectivity index (χ1v) is 7.67. The highest BCUT2D eigenvalue weighted by atomic mass is 32.2. The Hall–Kier alpha value is -1.76. The van der Waals surface area contributed by atoms with Gasteiger partial charge in [-0.05, 0) is 18.2 Å². The molecule has 7 heteroatoms. The minimum atomic E-state index is -0.408. The Bertz CT molecular complexity index is 545. The maximum atomic E-state index is 13.6. The van der Waals surface area contributed by atoms with Crippen molar-refractivity contribution in [2.24, 2.45) is 0 Å². The average Bonchev–Trinajstić information content (AvgIpc) is 2.46. The van der Waals surface area contributed by atoms with Crippen molar-refractivity contribution < 1.29 is 14.0 Å². The van der Waals surface area contributed by atoms with Gasteiger partial charge in [-0.15, -0.1) is 11.8 Å². The molecule has 1 heterocycles. The van der Waals surface area contributed by atoms with E-state index in [4.69, 9.17) is 5.73 Å². The summed E-state index contributed by atoms with van der Waals surface area (Å²) in [6.45, 7) is 3.70. The number of amides is 2. The number of thioether (sulfide) groups is 1. The molecular formula is C14H18FN3O2S. The largest absolute Gasteiger partial charge is 0.399 e. The van der Waals surface area contributed by atoms with Crippen LogP contribution in [0.5, 0.6) is 0 Å². The number of hydrogen-bond donors (Lipinski definition) is 1. The summed E-state index contributed by atoms with van der Waals surface area (Å²) in [7, 11) is 0. The molecule has 0 radical (unpaired) electrons. The molecule has 2 N–H and O–H groups in total. The van der Waals surface area contributed by atoms with Gasteiger partial charge in [-0.3, -0.25) is 9.59 Å². The molecule has 0 spiro atoms. The molecule has 0 atom stereocenters. The molecule has 0 bridgehead atoms. The SMILES string of the molecule is CC(=O)N1CCN(C(=O)CSc2ccc(N)cc2F)CC1. The highest BCUT2D eigenvalue weighted by molar-refractivity contribution is 8.00. The second-order valence-electron chi connectivity index (χ2n) is 4.87. The van der Waals surface area contributed by atoms with Crippen molar-refractivity contribution in [3.63, 3.8) is 0 Å². The van der Waals surface area contributed by atoms with Gasteiger partial charge in [0.25, 0.3) is 0 Å².